The van der Waals surface area contributed by atoms with Gasteiger partial charge in [0, 0.05) is 27.2 Å². The maximum absolute atomic E-state index is 12.5. The summed E-state index contributed by atoms with van der Waals surface area (Å²) in [5, 5.41) is 2.33. The molecule has 1 aromatic heterocycles. The number of rotatable bonds is 4. The van der Waals surface area contributed by atoms with E-state index in [4.69, 9.17) is 34.8 Å². The average Bonchev–Trinajstić information content (AvgIpc) is 2.53. The fraction of sp³-hybridized carbons (Fsp3) is 0.125. The van der Waals surface area contributed by atoms with Crippen molar-refractivity contribution >= 4 is 57.5 Å². The van der Waals surface area contributed by atoms with E-state index in [0.717, 1.165) is 4.90 Å². The van der Waals surface area contributed by atoms with Crippen LogP contribution in [0.15, 0.2) is 52.4 Å². The first-order valence-electron chi connectivity index (χ1n) is 6.77. The standard InChI is InChI=1S/C16H11Cl3N2OS/c17-10-2-4-14-12(7-10)16(22)21(9-20-14)5-6-23-15-8-11(18)1-3-13(15)19/h1-4,7-9H,5-6H2. The van der Waals surface area contributed by atoms with Gasteiger partial charge in [-0.15, -0.1) is 11.8 Å². The molecule has 3 aromatic rings. The van der Waals surface area contributed by atoms with E-state index < -0.39 is 0 Å². The molecule has 7 heteroatoms. The number of thioether (sulfide) groups is 1. The van der Waals surface area contributed by atoms with Crippen LogP contribution in [0.3, 0.4) is 0 Å². The average molecular weight is 386 g/mol. The smallest absolute Gasteiger partial charge is 0.261 e. The summed E-state index contributed by atoms with van der Waals surface area (Å²) in [5.74, 6) is 0.674. The molecule has 0 aliphatic heterocycles. The molecule has 118 valence electrons. The van der Waals surface area contributed by atoms with Gasteiger partial charge in [-0.1, -0.05) is 34.8 Å². The molecule has 0 saturated carbocycles. The Morgan fingerprint density at radius 1 is 1.04 bits per heavy atom. The van der Waals surface area contributed by atoms with Crippen molar-refractivity contribution in [3.8, 4) is 0 Å². The lowest BCUT2D eigenvalue weighted by Crippen LogP contribution is -2.21. The topological polar surface area (TPSA) is 34.9 Å². The number of nitrogens with zero attached hydrogens (tertiary/aromatic N) is 2. The van der Waals surface area contributed by atoms with Gasteiger partial charge in [0.05, 0.1) is 22.3 Å². The van der Waals surface area contributed by atoms with Gasteiger partial charge in [0.2, 0.25) is 0 Å². The summed E-state index contributed by atoms with van der Waals surface area (Å²) in [6.07, 6.45) is 1.55. The maximum atomic E-state index is 12.5. The van der Waals surface area contributed by atoms with Crippen LogP contribution in [0.2, 0.25) is 15.1 Å². The third-order valence-corrected chi connectivity index (χ3v) is 5.22. The zero-order chi connectivity index (χ0) is 16.4. The molecule has 0 atom stereocenters. The van der Waals surface area contributed by atoms with Crippen molar-refractivity contribution in [2.75, 3.05) is 5.75 Å². The van der Waals surface area contributed by atoms with Crippen LogP contribution in [0.1, 0.15) is 0 Å². The second-order valence-electron chi connectivity index (χ2n) is 4.83. The second kappa shape index (κ2) is 7.14. The van der Waals surface area contributed by atoms with Crippen LogP contribution in [0.4, 0.5) is 0 Å². The molecule has 0 aliphatic carbocycles. The predicted molar refractivity (Wildman–Crippen MR) is 98.2 cm³/mol. The Balaban J connectivity index is 1.78. The largest absolute Gasteiger partial charge is 0.298 e. The third kappa shape index (κ3) is 3.83. The maximum Gasteiger partial charge on any atom is 0.261 e. The molecular weight excluding hydrogens is 375 g/mol. The van der Waals surface area contributed by atoms with Gasteiger partial charge >= 0.3 is 0 Å². The van der Waals surface area contributed by atoms with E-state index in [1.165, 1.54) is 0 Å². The highest BCUT2D eigenvalue weighted by molar-refractivity contribution is 7.99. The van der Waals surface area contributed by atoms with Gasteiger partial charge in [0.25, 0.3) is 5.56 Å². The van der Waals surface area contributed by atoms with Crippen LogP contribution in [0.5, 0.6) is 0 Å². The molecule has 0 radical (unpaired) electrons. The van der Waals surface area contributed by atoms with E-state index in [1.54, 1.807) is 53.0 Å². The fourth-order valence-corrected chi connectivity index (χ4v) is 3.75. The van der Waals surface area contributed by atoms with Crippen molar-refractivity contribution in [3.63, 3.8) is 0 Å². The van der Waals surface area contributed by atoms with Crippen molar-refractivity contribution in [3.05, 3.63) is 68.1 Å². The third-order valence-electron chi connectivity index (χ3n) is 3.27. The summed E-state index contributed by atoms with van der Waals surface area (Å²) in [4.78, 5) is 17.6. The molecule has 0 unspecified atom stereocenters. The van der Waals surface area contributed by atoms with Gasteiger partial charge in [0.15, 0.2) is 0 Å². The minimum Gasteiger partial charge on any atom is -0.298 e. The lowest BCUT2D eigenvalue weighted by atomic mass is 10.2. The van der Waals surface area contributed by atoms with Crippen molar-refractivity contribution < 1.29 is 0 Å². The Kier molecular flexibility index (Phi) is 5.17. The summed E-state index contributed by atoms with van der Waals surface area (Å²) in [6, 6.07) is 10.4. The van der Waals surface area contributed by atoms with E-state index >= 15 is 0 Å². The normalized spacial score (nSPS) is 11.1. The van der Waals surface area contributed by atoms with Gasteiger partial charge in [0.1, 0.15) is 0 Å². The zero-order valence-corrected chi connectivity index (χ0v) is 14.9. The summed E-state index contributed by atoms with van der Waals surface area (Å²) < 4.78 is 1.57. The molecule has 1 heterocycles. The summed E-state index contributed by atoms with van der Waals surface area (Å²) >= 11 is 19.6. The number of fused-ring (bicyclic) bond motifs is 1. The molecule has 3 nitrogen and oxygen atoms in total. The lowest BCUT2D eigenvalue weighted by Gasteiger charge is -2.08. The van der Waals surface area contributed by atoms with Crippen LogP contribution in [0, 0.1) is 0 Å². The monoisotopic (exact) mass is 384 g/mol. The molecule has 2 aromatic carbocycles. The van der Waals surface area contributed by atoms with E-state index in [2.05, 4.69) is 4.98 Å². The van der Waals surface area contributed by atoms with Gasteiger partial charge in [-0.25, -0.2) is 4.98 Å². The Labute approximate surface area is 152 Å². The number of hydrogen-bond donors (Lipinski definition) is 0. The molecule has 23 heavy (non-hydrogen) atoms. The van der Waals surface area contributed by atoms with Gasteiger partial charge in [-0.2, -0.15) is 0 Å². The van der Waals surface area contributed by atoms with Crippen LogP contribution in [-0.2, 0) is 6.54 Å². The van der Waals surface area contributed by atoms with Crippen molar-refractivity contribution in [1.29, 1.82) is 0 Å². The Morgan fingerprint density at radius 2 is 1.78 bits per heavy atom. The first-order valence-corrected chi connectivity index (χ1v) is 8.89. The van der Waals surface area contributed by atoms with Crippen molar-refractivity contribution in [1.82, 2.24) is 9.55 Å². The Morgan fingerprint density at radius 3 is 2.61 bits per heavy atom. The molecule has 0 fully saturated rings. The van der Waals surface area contributed by atoms with Crippen LogP contribution in [-0.4, -0.2) is 15.3 Å². The van der Waals surface area contributed by atoms with E-state index in [-0.39, 0.29) is 5.56 Å². The molecular formula is C16H11Cl3N2OS. The fourth-order valence-electron chi connectivity index (χ4n) is 2.13. The van der Waals surface area contributed by atoms with Crippen LogP contribution >= 0.6 is 46.6 Å². The molecule has 0 saturated heterocycles. The number of aromatic nitrogens is 2. The van der Waals surface area contributed by atoms with Gasteiger partial charge in [-0.3, -0.25) is 9.36 Å². The predicted octanol–water partition coefficient (Wildman–Crippen LogP) is 5.15. The number of benzene rings is 2. The molecule has 0 bridgehead atoms. The molecule has 0 spiro atoms. The summed E-state index contributed by atoms with van der Waals surface area (Å²) in [7, 11) is 0. The molecule has 3 rings (SSSR count). The van der Waals surface area contributed by atoms with E-state index in [9.17, 15) is 4.79 Å². The van der Waals surface area contributed by atoms with Gasteiger partial charge in [-0.05, 0) is 36.4 Å². The Bertz CT molecular complexity index is 927. The second-order valence-corrected chi connectivity index (χ2v) is 7.24. The SMILES string of the molecule is O=c1c2cc(Cl)ccc2ncn1CCSc1cc(Cl)ccc1Cl. The van der Waals surface area contributed by atoms with Crippen molar-refractivity contribution in [2.24, 2.45) is 0 Å². The molecule has 0 N–H and O–H groups in total. The highest BCUT2D eigenvalue weighted by Gasteiger charge is 2.06. The Hall–Kier alpha value is -1.20. The minimum absolute atomic E-state index is 0.102. The first-order chi connectivity index (χ1) is 11.0. The van der Waals surface area contributed by atoms with E-state index in [1.807, 2.05) is 6.07 Å². The first kappa shape index (κ1) is 16.7. The number of hydrogen-bond acceptors (Lipinski definition) is 3. The summed E-state index contributed by atoms with van der Waals surface area (Å²) in [6.45, 7) is 0.516. The van der Waals surface area contributed by atoms with Crippen molar-refractivity contribution in [2.45, 2.75) is 11.4 Å². The number of aryl methyl sites for hydroxylation is 1. The van der Waals surface area contributed by atoms with E-state index in [0.29, 0.717) is 38.3 Å². The minimum atomic E-state index is -0.102. The lowest BCUT2D eigenvalue weighted by molar-refractivity contribution is 0.725. The van der Waals surface area contributed by atoms with Gasteiger partial charge < -0.3 is 0 Å². The van der Waals surface area contributed by atoms with Crippen LogP contribution in [0.25, 0.3) is 10.9 Å². The quantitative estimate of drug-likeness (QED) is 0.583. The number of halogens is 3. The zero-order valence-electron chi connectivity index (χ0n) is 11.8. The van der Waals surface area contributed by atoms with Crippen LogP contribution < -0.4 is 5.56 Å². The highest BCUT2D eigenvalue weighted by atomic mass is 35.5. The summed E-state index contributed by atoms with van der Waals surface area (Å²) in [5.41, 5.74) is 0.538. The molecule has 0 amide bonds. The highest BCUT2D eigenvalue weighted by Crippen LogP contribution is 2.29. The molecule has 0 aliphatic rings.